The van der Waals surface area contributed by atoms with Crippen LogP contribution in [0.15, 0.2) is 83.9 Å². The first-order chi connectivity index (χ1) is 18.4. The van der Waals surface area contributed by atoms with Gasteiger partial charge >= 0.3 is 0 Å². The molecule has 1 aliphatic rings. The molecule has 2 heterocycles. The van der Waals surface area contributed by atoms with Gasteiger partial charge in [-0.2, -0.15) is 0 Å². The quantitative estimate of drug-likeness (QED) is 0.281. The summed E-state index contributed by atoms with van der Waals surface area (Å²) in [5.74, 6) is -0.0557. The number of benzene rings is 3. The van der Waals surface area contributed by atoms with Gasteiger partial charge in [0.15, 0.2) is 0 Å². The number of carbonyl (C=O) groups is 1. The molecule has 38 heavy (non-hydrogen) atoms. The summed E-state index contributed by atoms with van der Waals surface area (Å²) in [7, 11) is -3.64. The fourth-order valence-corrected chi connectivity index (χ4v) is 6.43. The molecule has 0 atom stereocenters. The Kier molecular flexibility index (Phi) is 7.81. The summed E-state index contributed by atoms with van der Waals surface area (Å²) in [4.78, 5) is 17.0. The van der Waals surface area contributed by atoms with E-state index >= 15 is 0 Å². The number of aryl methyl sites for hydroxylation is 2. The van der Waals surface area contributed by atoms with Gasteiger partial charge < -0.3 is 10.6 Å². The fraction of sp³-hybridized carbons (Fsp3) is 0.241. The molecule has 0 spiro atoms. The topological polar surface area (TPSA) is 91.4 Å². The molecule has 5 rings (SSSR count). The zero-order valence-corrected chi connectivity index (χ0v) is 22.4. The number of sulfonamides is 1. The first-order valence-electron chi connectivity index (χ1n) is 12.7. The minimum Gasteiger partial charge on any atom is -0.383 e. The summed E-state index contributed by atoms with van der Waals surface area (Å²) in [5, 5.41) is 7.87. The van der Waals surface area contributed by atoms with Crippen molar-refractivity contribution >= 4 is 49.8 Å². The lowest BCUT2D eigenvalue weighted by molar-refractivity contribution is -0.120. The van der Waals surface area contributed by atoms with Crippen molar-refractivity contribution in [2.45, 2.75) is 30.6 Å². The zero-order valence-electron chi connectivity index (χ0n) is 20.9. The van der Waals surface area contributed by atoms with Gasteiger partial charge in [0.2, 0.25) is 5.91 Å². The molecule has 1 aromatic heterocycles. The summed E-state index contributed by atoms with van der Waals surface area (Å²) in [6.45, 7) is 1.52. The Balaban J connectivity index is 1.11. The third kappa shape index (κ3) is 5.76. The summed E-state index contributed by atoms with van der Waals surface area (Å²) in [6.07, 6.45) is 4.26. The predicted octanol–water partition coefficient (Wildman–Crippen LogP) is 5.19. The Morgan fingerprint density at radius 2 is 1.82 bits per heavy atom. The highest BCUT2D eigenvalue weighted by Gasteiger charge is 2.28. The first kappa shape index (κ1) is 26.0. The van der Waals surface area contributed by atoms with Crippen LogP contribution in [0.3, 0.4) is 0 Å². The van der Waals surface area contributed by atoms with Gasteiger partial charge in [-0.3, -0.25) is 14.1 Å². The molecule has 1 amide bonds. The van der Waals surface area contributed by atoms with E-state index in [1.807, 2.05) is 48.5 Å². The second-order valence-electron chi connectivity index (χ2n) is 9.25. The van der Waals surface area contributed by atoms with Gasteiger partial charge in [0, 0.05) is 48.3 Å². The summed E-state index contributed by atoms with van der Waals surface area (Å²) in [5.41, 5.74) is 4.47. The number of pyridine rings is 1. The van der Waals surface area contributed by atoms with Crippen LogP contribution in [0, 0.1) is 0 Å². The van der Waals surface area contributed by atoms with Crippen LogP contribution in [-0.4, -0.2) is 38.9 Å². The zero-order chi connectivity index (χ0) is 26.5. The fourth-order valence-electron chi connectivity index (χ4n) is 4.72. The Labute approximate surface area is 227 Å². The molecule has 196 valence electrons. The van der Waals surface area contributed by atoms with E-state index in [0.717, 1.165) is 46.2 Å². The minimum atomic E-state index is -3.64. The maximum atomic E-state index is 13.3. The van der Waals surface area contributed by atoms with Crippen LogP contribution in [0.4, 0.5) is 11.4 Å². The van der Waals surface area contributed by atoms with Crippen LogP contribution in [0.5, 0.6) is 0 Å². The van der Waals surface area contributed by atoms with Crippen molar-refractivity contribution in [2.75, 3.05) is 29.3 Å². The molecule has 0 saturated carbocycles. The minimum absolute atomic E-state index is 0.0557. The third-order valence-electron chi connectivity index (χ3n) is 6.69. The van der Waals surface area contributed by atoms with E-state index in [2.05, 4.69) is 15.6 Å². The van der Waals surface area contributed by atoms with E-state index < -0.39 is 10.0 Å². The normalized spacial score (nSPS) is 13.2. The number of nitrogens with one attached hydrogen (secondary N) is 2. The number of fused-ring (bicyclic) bond motifs is 2. The number of anilines is 2. The monoisotopic (exact) mass is 548 g/mol. The summed E-state index contributed by atoms with van der Waals surface area (Å²) in [6, 6.07) is 22.0. The molecule has 7 nitrogen and oxygen atoms in total. The highest BCUT2D eigenvalue weighted by Crippen LogP contribution is 2.32. The number of carbonyl (C=O) groups excluding carboxylic acids is 1. The Hall–Kier alpha value is -3.62. The van der Waals surface area contributed by atoms with E-state index in [-0.39, 0.29) is 10.8 Å². The average Bonchev–Trinajstić information content (AvgIpc) is 2.94. The molecule has 2 N–H and O–H groups in total. The number of halogens is 1. The van der Waals surface area contributed by atoms with Crippen molar-refractivity contribution in [3.05, 3.63) is 95.1 Å². The van der Waals surface area contributed by atoms with Crippen LogP contribution in [0.1, 0.15) is 24.0 Å². The summed E-state index contributed by atoms with van der Waals surface area (Å²) >= 11 is 6.05. The van der Waals surface area contributed by atoms with Gasteiger partial charge in [0.25, 0.3) is 10.0 Å². The standard InChI is InChI=1S/C29H29ClN4O3S/c30-23-10-13-25-26(15-16-31-27(25)20-23)32-17-18-33-29(35)14-9-21-7-11-24(12-8-21)38(36,37)34-19-3-5-22-4-1-2-6-28(22)34/h1-2,4,6-8,10-13,15-16,20H,3,5,9,14,17-19H2,(H,31,32)(H,33,35). The van der Waals surface area contributed by atoms with Crippen molar-refractivity contribution in [2.24, 2.45) is 0 Å². The highest BCUT2D eigenvalue weighted by atomic mass is 35.5. The van der Waals surface area contributed by atoms with Crippen LogP contribution >= 0.6 is 11.6 Å². The molecular weight excluding hydrogens is 520 g/mol. The molecular formula is C29H29ClN4O3S. The Bertz CT molecular complexity index is 1560. The number of rotatable bonds is 9. The number of nitrogens with zero attached hydrogens (tertiary/aromatic N) is 2. The van der Waals surface area contributed by atoms with Crippen molar-refractivity contribution in [3.63, 3.8) is 0 Å². The van der Waals surface area contributed by atoms with Gasteiger partial charge in [-0.25, -0.2) is 8.42 Å². The molecule has 0 fully saturated rings. The number of para-hydroxylation sites is 1. The number of hydrogen-bond acceptors (Lipinski definition) is 5. The smallest absolute Gasteiger partial charge is 0.264 e. The van der Waals surface area contributed by atoms with Crippen molar-refractivity contribution in [1.82, 2.24) is 10.3 Å². The number of amides is 1. The maximum Gasteiger partial charge on any atom is 0.264 e. The maximum absolute atomic E-state index is 13.3. The second-order valence-corrected chi connectivity index (χ2v) is 11.5. The van der Waals surface area contributed by atoms with Crippen LogP contribution < -0.4 is 14.9 Å². The lowest BCUT2D eigenvalue weighted by Gasteiger charge is -2.30. The molecule has 0 aliphatic carbocycles. The van der Waals surface area contributed by atoms with Crippen molar-refractivity contribution in [1.29, 1.82) is 0 Å². The SMILES string of the molecule is O=C(CCc1ccc(S(=O)(=O)N2CCCc3ccccc32)cc1)NCCNc1ccnc2cc(Cl)ccc12. The molecule has 4 aromatic rings. The second kappa shape index (κ2) is 11.4. The molecule has 0 unspecified atom stereocenters. The largest absolute Gasteiger partial charge is 0.383 e. The van der Waals surface area contributed by atoms with E-state index in [4.69, 9.17) is 11.6 Å². The lowest BCUT2D eigenvalue weighted by atomic mass is 10.0. The van der Waals surface area contributed by atoms with E-state index in [1.165, 1.54) is 4.31 Å². The molecule has 3 aromatic carbocycles. The van der Waals surface area contributed by atoms with Gasteiger partial charge in [0.1, 0.15) is 0 Å². The average molecular weight is 549 g/mol. The van der Waals surface area contributed by atoms with Gasteiger partial charge in [0.05, 0.1) is 16.1 Å². The van der Waals surface area contributed by atoms with Crippen LogP contribution in [-0.2, 0) is 27.7 Å². The third-order valence-corrected chi connectivity index (χ3v) is 8.75. The summed E-state index contributed by atoms with van der Waals surface area (Å²) < 4.78 is 28.1. The molecule has 0 bridgehead atoms. The first-order valence-corrected chi connectivity index (χ1v) is 14.5. The Morgan fingerprint density at radius 3 is 2.66 bits per heavy atom. The van der Waals surface area contributed by atoms with Crippen molar-refractivity contribution in [3.8, 4) is 0 Å². The van der Waals surface area contributed by atoms with E-state index in [1.54, 1.807) is 30.5 Å². The van der Waals surface area contributed by atoms with Gasteiger partial charge in [-0.1, -0.05) is 41.9 Å². The van der Waals surface area contributed by atoms with Crippen molar-refractivity contribution < 1.29 is 13.2 Å². The molecule has 0 saturated heterocycles. The molecule has 9 heteroatoms. The Morgan fingerprint density at radius 1 is 1.00 bits per heavy atom. The number of aromatic nitrogens is 1. The molecule has 0 radical (unpaired) electrons. The van der Waals surface area contributed by atoms with Crippen LogP contribution in [0.2, 0.25) is 5.02 Å². The number of hydrogen-bond donors (Lipinski definition) is 2. The lowest BCUT2D eigenvalue weighted by Crippen LogP contribution is -2.35. The predicted molar refractivity (Wildman–Crippen MR) is 152 cm³/mol. The van der Waals surface area contributed by atoms with Crippen LogP contribution in [0.25, 0.3) is 10.9 Å². The highest BCUT2D eigenvalue weighted by molar-refractivity contribution is 7.92. The van der Waals surface area contributed by atoms with Gasteiger partial charge in [-0.15, -0.1) is 0 Å². The van der Waals surface area contributed by atoms with E-state index in [0.29, 0.717) is 37.5 Å². The van der Waals surface area contributed by atoms with E-state index in [9.17, 15) is 13.2 Å². The van der Waals surface area contributed by atoms with Gasteiger partial charge in [-0.05, 0) is 72.9 Å². The molecule has 1 aliphatic heterocycles.